The summed E-state index contributed by atoms with van der Waals surface area (Å²) in [7, 11) is 0. The molecule has 0 aliphatic rings. The van der Waals surface area contributed by atoms with Gasteiger partial charge in [-0.2, -0.15) is 0 Å². The van der Waals surface area contributed by atoms with Crippen LogP contribution in [-0.4, -0.2) is 21.6 Å². The summed E-state index contributed by atoms with van der Waals surface area (Å²) >= 11 is 6.13. The molecular weight excluding hydrogens is 348 g/mol. The van der Waals surface area contributed by atoms with Crippen LogP contribution in [0.4, 0.5) is 0 Å². The first-order valence-electron chi connectivity index (χ1n) is 8.42. The van der Waals surface area contributed by atoms with E-state index in [0.29, 0.717) is 35.8 Å². The first-order chi connectivity index (χ1) is 12.7. The molecule has 0 spiro atoms. The van der Waals surface area contributed by atoms with Crippen molar-refractivity contribution in [2.24, 2.45) is 0 Å². The van der Waals surface area contributed by atoms with Gasteiger partial charge in [-0.3, -0.25) is 9.59 Å². The molecule has 1 radical (unpaired) electrons. The molecule has 0 unspecified atom stereocenters. The predicted molar refractivity (Wildman–Crippen MR) is 101 cm³/mol. The second-order valence-electron chi connectivity index (χ2n) is 5.96. The third kappa shape index (κ3) is 4.27. The van der Waals surface area contributed by atoms with E-state index in [4.69, 9.17) is 11.6 Å². The number of carbonyl (C=O) groups is 1. The van der Waals surface area contributed by atoms with Gasteiger partial charge < -0.3 is 4.57 Å². The van der Waals surface area contributed by atoms with Crippen molar-refractivity contribution < 1.29 is 9.59 Å². The normalized spacial score (nSPS) is 10.7. The lowest BCUT2D eigenvalue weighted by Crippen LogP contribution is -2.13. The molecule has 1 heterocycles. The van der Waals surface area contributed by atoms with Crippen LogP contribution in [0.1, 0.15) is 33.7 Å². The van der Waals surface area contributed by atoms with Gasteiger partial charge in [-0.1, -0.05) is 48.0 Å². The van der Waals surface area contributed by atoms with Crippen molar-refractivity contribution in [1.29, 1.82) is 0 Å². The molecule has 0 N–H and O–H groups in total. The minimum atomic E-state index is -0.180. The topological polar surface area (TPSA) is 52.0 Å². The molecule has 3 aromatic rings. The Morgan fingerprint density at radius 2 is 1.73 bits per heavy atom. The number of aromatic nitrogens is 2. The first kappa shape index (κ1) is 18.1. The summed E-state index contributed by atoms with van der Waals surface area (Å²) in [6, 6.07) is 15.1. The minimum Gasteiger partial charge on any atom is -0.328 e. The van der Waals surface area contributed by atoms with Crippen LogP contribution in [-0.2, 0) is 24.2 Å². The molecular formula is C21H18ClN2O2. The number of nitrogens with zero attached hydrogens (tertiary/aromatic N) is 2. The summed E-state index contributed by atoms with van der Waals surface area (Å²) in [5.74, 6) is 0.206. The van der Waals surface area contributed by atoms with Crippen molar-refractivity contribution in [3.63, 3.8) is 0 Å². The van der Waals surface area contributed by atoms with Gasteiger partial charge in [0, 0.05) is 30.9 Å². The lowest BCUT2D eigenvalue weighted by Gasteiger charge is -2.09. The van der Waals surface area contributed by atoms with E-state index < -0.39 is 0 Å². The summed E-state index contributed by atoms with van der Waals surface area (Å²) < 4.78 is 1.85. The zero-order chi connectivity index (χ0) is 18.4. The van der Waals surface area contributed by atoms with Crippen LogP contribution in [0, 0.1) is 0 Å². The van der Waals surface area contributed by atoms with Gasteiger partial charge in [-0.15, -0.1) is 0 Å². The number of benzene rings is 2. The first-order valence-corrected chi connectivity index (χ1v) is 8.80. The molecule has 0 amide bonds. The molecule has 0 saturated carbocycles. The Labute approximate surface area is 157 Å². The van der Waals surface area contributed by atoms with Crippen LogP contribution < -0.4 is 0 Å². The number of ketones is 1. The summed E-state index contributed by atoms with van der Waals surface area (Å²) in [5, 5.41) is 0.426. The highest BCUT2D eigenvalue weighted by Gasteiger charge is 2.17. The summed E-state index contributed by atoms with van der Waals surface area (Å²) in [5.41, 5.74) is 2.74. The second kappa shape index (κ2) is 8.59. The van der Waals surface area contributed by atoms with Crippen molar-refractivity contribution in [2.45, 2.75) is 25.8 Å². The van der Waals surface area contributed by atoms with E-state index in [1.807, 2.05) is 35.1 Å². The van der Waals surface area contributed by atoms with E-state index in [9.17, 15) is 9.59 Å². The molecule has 5 heteroatoms. The van der Waals surface area contributed by atoms with Crippen LogP contribution in [0.5, 0.6) is 0 Å². The largest absolute Gasteiger partial charge is 0.328 e. The zero-order valence-electron chi connectivity index (χ0n) is 14.2. The Hall–Kier alpha value is -2.72. The van der Waals surface area contributed by atoms with E-state index in [-0.39, 0.29) is 5.78 Å². The fourth-order valence-corrected chi connectivity index (χ4v) is 3.00. The minimum absolute atomic E-state index is 0.180. The van der Waals surface area contributed by atoms with Crippen molar-refractivity contribution in [3.8, 4) is 0 Å². The van der Waals surface area contributed by atoms with Gasteiger partial charge in [0.2, 0.25) is 5.78 Å². The molecule has 0 bridgehead atoms. The summed E-state index contributed by atoms with van der Waals surface area (Å²) in [4.78, 5) is 27.2. The molecule has 3 rings (SSSR count). The Kier molecular flexibility index (Phi) is 5.97. The number of imidazole rings is 1. The number of rotatable bonds is 8. The lowest BCUT2D eigenvalue weighted by atomic mass is 10.1. The van der Waals surface area contributed by atoms with Gasteiger partial charge in [0.25, 0.3) is 0 Å². The highest BCUT2D eigenvalue weighted by atomic mass is 35.5. The number of halogens is 1. The molecule has 0 saturated heterocycles. The quantitative estimate of drug-likeness (QED) is 0.566. The van der Waals surface area contributed by atoms with Gasteiger partial charge in [0.1, 0.15) is 0 Å². The van der Waals surface area contributed by atoms with E-state index in [1.165, 1.54) is 0 Å². The molecule has 0 aliphatic carbocycles. The van der Waals surface area contributed by atoms with Gasteiger partial charge in [-0.05, 0) is 36.1 Å². The van der Waals surface area contributed by atoms with Crippen LogP contribution in [0.2, 0.25) is 5.02 Å². The van der Waals surface area contributed by atoms with Crippen LogP contribution in [0.25, 0.3) is 0 Å². The number of hydrogen-bond donors (Lipinski definition) is 0. The Morgan fingerprint density at radius 3 is 2.42 bits per heavy atom. The fraction of sp³-hybridized carbons (Fsp3) is 0.190. The van der Waals surface area contributed by atoms with Crippen LogP contribution in [0.15, 0.2) is 60.9 Å². The third-order valence-electron chi connectivity index (χ3n) is 4.22. The Balaban J connectivity index is 1.68. The maximum absolute atomic E-state index is 12.7. The van der Waals surface area contributed by atoms with E-state index in [1.54, 1.807) is 36.7 Å². The molecule has 0 atom stereocenters. The monoisotopic (exact) mass is 365 g/mol. The molecule has 4 nitrogen and oxygen atoms in total. The zero-order valence-corrected chi connectivity index (χ0v) is 14.9. The Bertz CT molecular complexity index is 900. The van der Waals surface area contributed by atoms with Crippen LogP contribution in [0.3, 0.4) is 0 Å². The summed E-state index contributed by atoms with van der Waals surface area (Å²) in [6.07, 6.45) is 7.24. The molecule has 131 valence electrons. The van der Waals surface area contributed by atoms with E-state index in [0.717, 1.165) is 17.5 Å². The van der Waals surface area contributed by atoms with Gasteiger partial charge >= 0.3 is 0 Å². The van der Waals surface area contributed by atoms with Crippen molar-refractivity contribution >= 4 is 23.7 Å². The van der Waals surface area contributed by atoms with Crippen molar-refractivity contribution in [2.75, 3.05) is 0 Å². The second-order valence-corrected chi connectivity index (χ2v) is 6.37. The lowest BCUT2D eigenvalue weighted by molar-refractivity contribution is 0.102. The Morgan fingerprint density at radius 1 is 1.04 bits per heavy atom. The molecule has 2 aromatic carbocycles. The molecule has 26 heavy (non-hydrogen) atoms. The number of hydrogen-bond acceptors (Lipinski definition) is 3. The highest BCUT2D eigenvalue weighted by Crippen LogP contribution is 2.18. The predicted octanol–water partition coefficient (Wildman–Crippen LogP) is 4.05. The average molecular weight is 366 g/mol. The molecule has 0 fully saturated rings. The number of aryl methyl sites for hydroxylation is 3. The van der Waals surface area contributed by atoms with Gasteiger partial charge in [0.05, 0.1) is 5.02 Å². The SMILES string of the molecule is O=[C]CCc1ccc(CCn2ccnc2C(=O)c2ccccc2Cl)cc1. The molecule has 0 aliphatic heterocycles. The van der Waals surface area contributed by atoms with Gasteiger partial charge in [-0.25, -0.2) is 4.98 Å². The van der Waals surface area contributed by atoms with Crippen molar-refractivity contribution in [3.05, 3.63) is 88.5 Å². The van der Waals surface area contributed by atoms with Crippen LogP contribution >= 0.6 is 11.6 Å². The van der Waals surface area contributed by atoms with E-state index in [2.05, 4.69) is 4.98 Å². The smallest absolute Gasteiger partial charge is 0.229 e. The van der Waals surface area contributed by atoms with E-state index >= 15 is 0 Å². The fourth-order valence-electron chi connectivity index (χ4n) is 2.78. The highest BCUT2D eigenvalue weighted by molar-refractivity contribution is 6.34. The maximum Gasteiger partial charge on any atom is 0.229 e. The average Bonchev–Trinajstić information content (AvgIpc) is 3.14. The third-order valence-corrected chi connectivity index (χ3v) is 4.55. The standard InChI is InChI=1S/C21H18ClN2O2/c22-19-6-2-1-5-18(19)20(26)21-23-12-14-24(21)13-11-17-9-7-16(8-10-17)4-3-15-25/h1-2,5-10,12,14H,3-4,11,13H2. The maximum atomic E-state index is 12.7. The van der Waals surface area contributed by atoms with Crippen molar-refractivity contribution in [1.82, 2.24) is 9.55 Å². The number of carbonyl (C=O) groups excluding carboxylic acids is 2. The van der Waals surface area contributed by atoms with Gasteiger partial charge in [0.15, 0.2) is 12.1 Å². The molecule has 1 aromatic heterocycles. The summed E-state index contributed by atoms with van der Waals surface area (Å²) in [6.45, 7) is 0.646.